The van der Waals surface area contributed by atoms with Crippen molar-refractivity contribution in [2.75, 3.05) is 7.05 Å². The van der Waals surface area contributed by atoms with Crippen LogP contribution in [-0.2, 0) is 22.4 Å². The number of aromatic amines is 2. The van der Waals surface area contributed by atoms with Crippen LogP contribution in [0.15, 0.2) is 60.9 Å². The number of nitrogens with one attached hydrogen (secondary N) is 3. The molecule has 4 aromatic rings. The van der Waals surface area contributed by atoms with E-state index in [4.69, 9.17) is 5.73 Å². The number of nitrogens with two attached hydrogens (primary N) is 1. The number of hydrogen-bond acceptors (Lipinski definition) is 3. The van der Waals surface area contributed by atoms with Crippen molar-refractivity contribution < 1.29 is 9.59 Å². The second-order valence-electron chi connectivity index (χ2n) is 7.90. The molecule has 0 bridgehead atoms. The maximum absolute atomic E-state index is 13.2. The molecule has 0 aliphatic carbocycles. The van der Waals surface area contributed by atoms with Crippen molar-refractivity contribution in [3.05, 3.63) is 72.1 Å². The van der Waals surface area contributed by atoms with Gasteiger partial charge in [0.1, 0.15) is 6.17 Å². The summed E-state index contributed by atoms with van der Waals surface area (Å²) < 4.78 is 0. The van der Waals surface area contributed by atoms with Crippen LogP contribution in [0.4, 0.5) is 0 Å². The Bertz CT molecular complexity index is 1220. The largest absolute Gasteiger partial charge is 0.361 e. The average Bonchev–Trinajstić information content (AvgIpc) is 3.36. The lowest BCUT2D eigenvalue weighted by Gasteiger charge is -2.30. The van der Waals surface area contributed by atoms with Crippen molar-refractivity contribution >= 4 is 33.6 Å². The van der Waals surface area contributed by atoms with E-state index in [2.05, 4.69) is 15.3 Å². The fourth-order valence-electron chi connectivity index (χ4n) is 4.07. The number of hydrogen-bond donors (Lipinski definition) is 4. The zero-order valence-electron chi connectivity index (χ0n) is 17.7. The Morgan fingerprint density at radius 3 is 2.00 bits per heavy atom. The van der Waals surface area contributed by atoms with E-state index in [0.29, 0.717) is 12.8 Å². The molecule has 160 valence electrons. The summed E-state index contributed by atoms with van der Waals surface area (Å²) in [6, 6.07) is 15.2. The Morgan fingerprint density at radius 1 is 0.935 bits per heavy atom. The van der Waals surface area contributed by atoms with Gasteiger partial charge in [0.2, 0.25) is 11.8 Å². The summed E-state index contributed by atoms with van der Waals surface area (Å²) in [4.78, 5) is 33.0. The number of rotatable bonds is 7. The predicted molar refractivity (Wildman–Crippen MR) is 122 cm³/mol. The zero-order chi connectivity index (χ0) is 22.0. The highest BCUT2D eigenvalue weighted by molar-refractivity contribution is 5.87. The molecule has 0 radical (unpaired) electrons. The van der Waals surface area contributed by atoms with E-state index < -0.39 is 12.2 Å². The third-order valence-corrected chi connectivity index (χ3v) is 5.71. The third kappa shape index (κ3) is 4.32. The molecular formula is C24H27N5O2. The van der Waals surface area contributed by atoms with Crippen molar-refractivity contribution in [2.45, 2.75) is 32.0 Å². The summed E-state index contributed by atoms with van der Waals surface area (Å²) in [7, 11) is 1.69. The van der Waals surface area contributed by atoms with Crippen LogP contribution in [0.25, 0.3) is 21.8 Å². The van der Waals surface area contributed by atoms with Crippen molar-refractivity contribution in [3.8, 4) is 0 Å². The maximum atomic E-state index is 13.2. The second-order valence-corrected chi connectivity index (χ2v) is 7.90. The van der Waals surface area contributed by atoms with Gasteiger partial charge in [-0.3, -0.25) is 9.59 Å². The van der Waals surface area contributed by atoms with Crippen molar-refractivity contribution in [2.24, 2.45) is 5.73 Å². The van der Waals surface area contributed by atoms with Crippen LogP contribution in [-0.4, -0.2) is 45.9 Å². The van der Waals surface area contributed by atoms with Crippen molar-refractivity contribution in [3.63, 3.8) is 0 Å². The molecular weight excluding hydrogens is 390 g/mol. The summed E-state index contributed by atoms with van der Waals surface area (Å²) in [6.45, 7) is 1.45. The van der Waals surface area contributed by atoms with E-state index in [1.807, 2.05) is 60.9 Å². The van der Waals surface area contributed by atoms with E-state index in [9.17, 15) is 9.59 Å². The fraction of sp³-hybridized carbons (Fsp3) is 0.250. The average molecular weight is 418 g/mol. The first-order valence-electron chi connectivity index (χ1n) is 10.3. The number of nitrogens with zero attached hydrogens (tertiary/aromatic N) is 1. The van der Waals surface area contributed by atoms with Gasteiger partial charge < -0.3 is 25.9 Å². The van der Waals surface area contributed by atoms with Gasteiger partial charge in [-0.05, 0) is 29.7 Å². The number of aromatic nitrogens is 2. The van der Waals surface area contributed by atoms with Crippen LogP contribution < -0.4 is 11.1 Å². The lowest BCUT2D eigenvalue weighted by molar-refractivity contribution is -0.135. The lowest BCUT2D eigenvalue weighted by Crippen LogP contribution is -2.54. The van der Waals surface area contributed by atoms with E-state index >= 15 is 0 Å². The Kier molecular flexibility index (Phi) is 5.77. The molecule has 0 unspecified atom stereocenters. The van der Waals surface area contributed by atoms with E-state index in [-0.39, 0.29) is 11.8 Å². The molecule has 0 spiro atoms. The summed E-state index contributed by atoms with van der Waals surface area (Å²) in [5.74, 6) is -0.418. The van der Waals surface area contributed by atoms with Crippen LogP contribution in [0, 0.1) is 0 Å². The van der Waals surface area contributed by atoms with E-state index in [0.717, 1.165) is 32.9 Å². The highest BCUT2D eigenvalue weighted by atomic mass is 16.2. The fourth-order valence-corrected chi connectivity index (χ4v) is 4.07. The van der Waals surface area contributed by atoms with Crippen LogP contribution in [0.5, 0.6) is 0 Å². The molecule has 7 nitrogen and oxygen atoms in total. The van der Waals surface area contributed by atoms with Crippen LogP contribution in [0.3, 0.4) is 0 Å². The van der Waals surface area contributed by atoms with Gasteiger partial charge in [0, 0.05) is 54.6 Å². The monoisotopic (exact) mass is 417 g/mol. The number of benzene rings is 2. The van der Waals surface area contributed by atoms with Gasteiger partial charge >= 0.3 is 0 Å². The first-order valence-corrected chi connectivity index (χ1v) is 10.3. The van der Waals surface area contributed by atoms with Gasteiger partial charge in [-0.25, -0.2) is 0 Å². The summed E-state index contributed by atoms with van der Waals surface area (Å²) in [6.07, 6.45) is 4.20. The molecule has 0 saturated carbocycles. The molecule has 5 N–H and O–H groups in total. The molecule has 0 saturated heterocycles. The minimum Gasteiger partial charge on any atom is -0.361 e. The van der Waals surface area contributed by atoms with Crippen LogP contribution >= 0.6 is 0 Å². The summed E-state index contributed by atoms with van der Waals surface area (Å²) >= 11 is 0. The van der Waals surface area contributed by atoms with E-state index in [1.165, 1.54) is 6.92 Å². The number of para-hydroxylation sites is 2. The van der Waals surface area contributed by atoms with Crippen molar-refractivity contribution in [1.29, 1.82) is 0 Å². The number of amides is 2. The van der Waals surface area contributed by atoms with Crippen LogP contribution in [0.2, 0.25) is 0 Å². The number of carbonyl (C=O) groups is 2. The Labute approximate surface area is 180 Å². The molecule has 31 heavy (non-hydrogen) atoms. The first kappa shape index (κ1) is 20.7. The SMILES string of the molecule is CC(=O)N[C@@H](Cc1c[nH]c2ccccc12)N(C)C(=O)[C@H](N)Cc1c[nH]c2ccccc12. The molecule has 2 amide bonds. The zero-order valence-corrected chi connectivity index (χ0v) is 17.7. The minimum atomic E-state index is -0.719. The molecule has 2 aromatic heterocycles. The highest BCUT2D eigenvalue weighted by Gasteiger charge is 2.27. The van der Waals surface area contributed by atoms with Gasteiger partial charge in [-0.2, -0.15) is 0 Å². The van der Waals surface area contributed by atoms with E-state index in [1.54, 1.807) is 11.9 Å². The molecule has 4 rings (SSSR count). The van der Waals surface area contributed by atoms with Gasteiger partial charge in [-0.1, -0.05) is 36.4 Å². The normalized spacial score (nSPS) is 13.3. The minimum absolute atomic E-state index is 0.199. The number of H-pyrrole nitrogens is 2. The molecule has 0 aliphatic heterocycles. The summed E-state index contributed by atoms with van der Waals surface area (Å²) in [5.41, 5.74) is 10.4. The smallest absolute Gasteiger partial charge is 0.241 e. The number of likely N-dealkylation sites (N-methyl/N-ethyl adjacent to an activating group) is 1. The van der Waals surface area contributed by atoms with Gasteiger partial charge in [0.15, 0.2) is 0 Å². The molecule has 7 heteroatoms. The molecule has 0 aliphatic rings. The van der Waals surface area contributed by atoms with Gasteiger partial charge in [-0.15, -0.1) is 0 Å². The van der Waals surface area contributed by atoms with Gasteiger partial charge in [0.05, 0.1) is 6.04 Å². The molecule has 0 fully saturated rings. The Morgan fingerprint density at radius 2 is 1.45 bits per heavy atom. The maximum Gasteiger partial charge on any atom is 0.241 e. The third-order valence-electron chi connectivity index (χ3n) is 5.71. The summed E-state index contributed by atoms with van der Waals surface area (Å²) in [5, 5.41) is 5.03. The molecule has 2 aromatic carbocycles. The second kappa shape index (κ2) is 8.65. The lowest BCUT2D eigenvalue weighted by atomic mass is 10.0. The standard InChI is InChI=1S/C24H27N5O2/c1-15(30)28-23(12-17-14-27-22-10-6-4-8-19(17)22)29(2)24(31)20(25)11-16-13-26-21-9-5-3-7-18(16)21/h3-10,13-14,20,23,26-27H,11-12,25H2,1-2H3,(H,28,30)/t20-,23-/m1/s1. The predicted octanol–water partition coefficient (Wildman–Crippen LogP) is 2.68. The van der Waals surface area contributed by atoms with Crippen molar-refractivity contribution in [1.82, 2.24) is 20.2 Å². The first-order chi connectivity index (χ1) is 14.9. The topological polar surface area (TPSA) is 107 Å². The highest BCUT2D eigenvalue weighted by Crippen LogP contribution is 2.21. The Hall–Kier alpha value is -3.58. The number of carbonyl (C=O) groups excluding carboxylic acids is 2. The quantitative estimate of drug-likeness (QED) is 0.347. The Balaban J connectivity index is 1.52. The number of fused-ring (bicyclic) bond motifs is 2. The van der Waals surface area contributed by atoms with Gasteiger partial charge in [0.25, 0.3) is 0 Å². The van der Waals surface area contributed by atoms with Crippen LogP contribution in [0.1, 0.15) is 18.1 Å². The molecule has 2 heterocycles. The molecule has 2 atom stereocenters.